The predicted molar refractivity (Wildman–Crippen MR) is 150 cm³/mol. The highest BCUT2D eigenvalue weighted by Gasteiger charge is 2.47. The molecule has 0 bridgehead atoms. The first-order chi connectivity index (χ1) is 17.9. The molecule has 1 amide bonds. The Balaban J connectivity index is 1.92. The number of halogens is 1. The van der Waals surface area contributed by atoms with Crippen LogP contribution in [0.15, 0.2) is 72.3 Å². The van der Waals surface area contributed by atoms with E-state index in [0.29, 0.717) is 27.8 Å². The van der Waals surface area contributed by atoms with Gasteiger partial charge >= 0.3 is 0 Å². The maximum Gasteiger partial charge on any atom is 0.300 e. The van der Waals surface area contributed by atoms with E-state index in [2.05, 4.69) is 20.8 Å². The Hall–Kier alpha value is -3.77. The molecule has 0 radical (unpaired) electrons. The van der Waals surface area contributed by atoms with E-state index in [9.17, 15) is 14.7 Å². The van der Waals surface area contributed by atoms with Gasteiger partial charge in [0.05, 0.1) is 30.4 Å². The lowest BCUT2D eigenvalue weighted by Gasteiger charge is -2.27. The molecule has 1 unspecified atom stereocenters. The van der Waals surface area contributed by atoms with Gasteiger partial charge in [0.15, 0.2) is 0 Å². The molecule has 0 saturated carbocycles. The van der Waals surface area contributed by atoms with Gasteiger partial charge in [-0.25, -0.2) is 0 Å². The van der Waals surface area contributed by atoms with Crippen LogP contribution in [-0.4, -0.2) is 30.0 Å². The lowest BCUT2D eigenvalue weighted by Crippen LogP contribution is -2.29. The van der Waals surface area contributed by atoms with Crippen molar-refractivity contribution in [3.8, 4) is 11.5 Å². The van der Waals surface area contributed by atoms with Crippen molar-refractivity contribution < 1.29 is 24.2 Å². The first-order valence-corrected chi connectivity index (χ1v) is 12.8. The quantitative estimate of drug-likeness (QED) is 0.208. The van der Waals surface area contributed by atoms with E-state index >= 15 is 0 Å². The van der Waals surface area contributed by atoms with Crippen LogP contribution in [0.3, 0.4) is 0 Å². The Labute approximate surface area is 228 Å². The number of aliphatic hydroxyl groups is 1. The number of aliphatic hydroxyl groups excluding tert-OH is 1. The van der Waals surface area contributed by atoms with Crippen molar-refractivity contribution in [1.82, 2.24) is 0 Å². The van der Waals surface area contributed by atoms with Crippen LogP contribution < -0.4 is 14.4 Å². The highest BCUT2D eigenvalue weighted by molar-refractivity contribution is 6.51. The molecule has 0 aliphatic carbocycles. The topological polar surface area (TPSA) is 76.1 Å². The van der Waals surface area contributed by atoms with Crippen LogP contribution in [0, 0.1) is 0 Å². The Bertz CT molecular complexity index is 1390. The van der Waals surface area contributed by atoms with Gasteiger partial charge in [0, 0.05) is 10.7 Å². The highest BCUT2D eigenvalue weighted by Crippen LogP contribution is 2.44. The average molecular weight is 534 g/mol. The summed E-state index contributed by atoms with van der Waals surface area (Å²) in [5, 5.41) is 11.8. The molecule has 3 aromatic rings. The standard InChI is InChI=1S/C31H32ClNO5/c1-18(2)38-23-14-7-19(8-15-23)27-26(28(34)24-17-21(32)11-16-25(24)37-6)29(35)30(36)33(27)22-12-9-20(10-13-22)31(3,4)5/h7-18,27,34H,1-6H3/b28-26+. The number of ether oxygens (including phenoxy) is 2. The number of rotatable bonds is 6. The molecule has 1 aliphatic heterocycles. The number of anilines is 1. The van der Waals surface area contributed by atoms with Crippen LogP contribution in [-0.2, 0) is 15.0 Å². The van der Waals surface area contributed by atoms with Crippen molar-refractivity contribution in [2.45, 2.75) is 52.2 Å². The van der Waals surface area contributed by atoms with Gasteiger partial charge in [-0.2, -0.15) is 0 Å². The number of hydrogen-bond donors (Lipinski definition) is 1. The summed E-state index contributed by atoms with van der Waals surface area (Å²) < 4.78 is 11.2. The molecule has 38 heavy (non-hydrogen) atoms. The zero-order chi connectivity index (χ0) is 27.8. The third-order valence-electron chi connectivity index (χ3n) is 6.44. The number of ketones is 1. The number of hydrogen-bond acceptors (Lipinski definition) is 5. The number of nitrogens with zero attached hydrogens (tertiary/aromatic N) is 1. The summed E-state index contributed by atoms with van der Waals surface area (Å²) in [5.74, 6) is -0.900. The van der Waals surface area contributed by atoms with Gasteiger partial charge in [0.2, 0.25) is 0 Å². The van der Waals surface area contributed by atoms with E-state index in [-0.39, 0.29) is 28.4 Å². The minimum absolute atomic E-state index is 0.0110. The lowest BCUT2D eigenvalue weighted by atomic mass is 9.87. The maximum atomic E-state index is 13.5. The fourth-order valence-electron chi connectivity index (χ4n) is 4.55. The normalized spacial score (nSPS) is 17.3. The Kier molecular flexibility index (Phi) is 7.56. The lowest BCUT2D eigenvalue weighted by molar-refractivity contribution is -0.132. The van der Waals surface area contributed by atoms with E-state index in [4.69, 9.17) is 21.1 Å². The zero-order valence-electron chi connectivity index (χ0n) is 22.4. The smallest absolute Gasteiger partial charge is 0.300 e. The first kappa shape index (κ1) is 27.3. The molecule has 6 nitrogen and oxygen atoms in total. The number of benzene rings is 3. The van der Waals surface area contributed by atoms with Crippen LogP contribution in [0.4, 0.5) is 5.69 Å². The van der Waals surface area contributed by atoms with E-state index in [1.54, 1.807) is 36.4 Å². The van der Waals surface area contributed by atoms with Crippen LogP contribution in [0.25, 0.3) is 5.76 Å². The van der Waals surface area contributed by atoms with E-state index in [1.807, 2.05) is 38.1 Å². The predicted octanol–water partition coefficient (Wildman–Crippen LogP) is 7.06. The summed E-state index contributed by atoms with van der Waals surface area (Å²) in [6.07, 6.45) is -0.0110. The molecule has 1 atom stereocenters. The second-order valence-electron chi connectivity index (χ2n) is 10.5. The summed E-state index contributed by atoms with van der Waals surface area (Å²) in [7, 11) is 1.46. The van der Waals surface area contributed by atoms with Crippen molar-refractivity contribution in [2.75, 3.05) is 12.0 Å². The third kappa shape index (κ3) is 5.27. The summed E-state index contributed by atoms with van der Waals surface area (Å²) in [4.78, 5) is 28.4. The molecule has 7 heteroatoms. The molecule has 1 heterocycles. The summed E-state index contributed by atoms with van der Waals surface area (Å²) in [5.41, 5.74) is 2.38. The first-order valence-electron chi connectivity index (χ1n) is 12.4. The van der Waals surface area contributed by atoms with E-state index < -0.39 is 17.7 Å². The second kappa shape index (κ2) is 10.5. The van der Waals surface area contributed by atoms with Crippen molar-refractivity contribution in [3.63, 3.8) is 0 Å². The van der Waals surface area contributed by atoms with Crippen molar-refractivity contribution >= 4 is 34.7 Å². The van der Waals surface area contributed by atoms with Gasteiger partial charge in [0.1, 0.15) is 17.3 Å². The van der Waals surface area contributed by atoms with Gasteiger partial charge in [-0.15, -0.1) is 0 Å². The van der Waals surface area contributed by atoms with Crippen LogP contribution in [0.1, 0.15) is 57.4 Å². The molecule has 1 aliphatic rings. The van der Waals surface area contributed by atoms with Crippen molar-refractivity contribution in [2.24, 2.45) is 0 Å². The van der Waals surface area contributed by atoms with Crippen molar-refractivity contribution in [1.29, 1.82) is 0 Å². The Morgan fingerprint density at radius 2 is 1.61 bits per heavy atom. The SMILES string of the molecule is COc1ccc(Cl)cc1/C(O)=C1\C(=O)C(=O)N(c2ccc(C(C)(C)C)cc2)C1c1ccc(OC(C)C)cc1. The molecule has 0 aromatic heterocycles. The summed E-state index contributed by atoms with van der Waals surface area (Å²) in [6, 6.07) is 18.6. The fraction of sp³-hybridized carbons (Fsp3) is 0.290. The van der Waals surface area contributed by atoms with E-state index in [1.165, 1.54) is 18.1 Å². The molecule has 1 fully saturated rings. The monoisotopic (exact) mass is 533 g/mol. The van der Waals surface area contributed by atoms with Crippen LogP contribution in [0.2, 0.25) is 5.02 Å². The molecular weight excluding hydrogens is 502 g/mol. The second-order valence-corrected chi connectivity index (χ2v) is 11.0. The summed E-state index contributed by atoms with van der Waals surface area (Å²) >= 11 is 6.21. The van der Waals surface area contributed by atoms with Gasteiger partial charge < -0.3 is 14.6 Å². The number of Topliss-reactive ketones (excluding diaryl/α,β-unsaturated/α-hetero) is 1. The van der Waals surface area contributed by atoms with E-state index in [0.717, 1.165) is 5.56 Å². The minimum Gasteiger partial charge on any atom is -0.507 e. The molecule has 1 saturated heterocycles. The molecular formula is C31H32ClNO5. The largest absolute Gasteiger partial charge is 0.507 e. The molecule has 1 N–H and O–H groups in total. The number of amides is 1. The van der Waals surface area contributed by atoms with Gasteiger partial charge in [-0.1, -0.05) is 56.6 Å². The van der Waals surface area contributed by atoms with Gasteiger partial charge in [0.25, 0.3) is 11.7 Å². The number of carbonyl (C=O) groups excluding carboxylic acids is 2. The number of methoxy groups -OCH3 is 1. The van der Waals surface area contributed by atoms with Crippen LogP contribution in [0.5, 0.6) is 11.5 Å². The number of carbonyl (C=O) groups is 2. The minimum atomic E-state index is -0.882. The summed E-state index contributed by atoms with van der Waals surface area (Å²) in [6.45, 7) is 10.2. The van der Waals surface area contributed by atoms with Gasteiger partial charge in [-0.05, 0) is 72.9 Å². The Morgan fingerprint density at radius 3 is 2.16 bits per heavy atom. The average Bonchev–Trinajstić information content (AvgIpc) is 3.13. The molecule has 198 valence electrons. The van der Waals surface area contributed by atoms with Gasteiger partial charge in [-0.3, -0.25) is 14.5 Å². The molecule has 0 spiro atoms. The highest BCUT2D eigenvalue weighted by atomic mass is 35.5. The maximum absolute atomic E-state index is 13.5. The zero-order valence-corrected chi connectivity index (χ0v) is 23.2. The molecule has 4 rings (SSSR count). The third-order valence-corrected chi connectivity index (χ3v) is 6.68. The van der Waals surface area contributed by atoms with Crippen molar-refractivity contribution in [3.05, 3.63) is 94.0 Å². The molecule has 3 aromatic carbocycles. The van der Waals surface area contributed by atoms with Crippen LogP contribution >= 0.6 is 11.6 Å². The fourth-order valence-corrected chi connectivity index (χ4v) is 4.72. The Morgan fingerprint density at radius 1 is 0.974 bits per heavy atom.